The highest BCUT2D eigenvalue weighted by Gasteiger charge is 2.28. The first kappa shape index (κ1) is 15.7. The van der Waals surface area contributed by atoms with E-state index in [9.17, 15) is 4.79 Å². The maximum atomic E-state index is 11.6. The Bertz CT molecular complexity index is 222. The molecule has 1 aliphatic heterocycles. The van der Waals surface area contributed by atoms with Gasteiger partial charge >= 0.3 is 0 Å². The maximum absolute atomic E-state index is 11.6. The monoisotopic (exact) mass is 250 g/mol. The Morgan fingerprint density at radius 1 is 1.50 bits per heavy atom. The molecule has 1 aliphatic rings. The van der Waals surface area contributed by atoms with Gasteiger partial charge in [0.25, 0.3) is 0 Å². The van der Waals surface area contributed by atoms with Gasteiger partial charge < -0.3 is 15.4 Å². The number of amides is 1. The summed E-state index contributed by atoms with van der Waals surface area (Å²) in [6.45, 7) is 8.23. The van der Waals surface area contributed by atoms with Gasteiger partial charge in [-0.1, -0.05) is 13.8 Å². The molecule has 1 unspecified atom stereocenters. The number of ether oxygens (including phenoxy) is 1. The topological polar surface area (TPSA) is 55.6 Å². The van der Waals surface area contributed by atoms with E-state index in [1.165, 1.54) is 0 Å². The number of likely N-dealkylation sites (tertiary alicyclic amines) is 1. The van der Waals surface area contributed by atoms with Crippen molar-refractivity contribution < 1.29 is 9.53 Å². The molecule has 0 saturated carbocycles. The largest absolute Gasteiger partial charge is 0.376 e. The number of hydrogen-bond donors (Lipinski definition) is 1. The Labute approximate surface area is 104 Å². The first-order valence-corrected chi connectivity index (χ1v) is 5.66. The Kier molecular flexibility index (Phi) is 6.95. The molecule has 1 fully saturated rings. The summed E-state index contributed by atoms with van der Waals surface area (Å²) in [7, 11) is 0. The third-order valence-electron chi connectivity index (χ3n) is 2.51. The fourth-order valence-corrected chi connectivity index (χ4v) is 1.68. The van der Waals surface area contributed by atoms with Gasteiger partial charge in [0.05, 0.1) is 12.1 Å². The molecule has 4 nitrogen and oxygen atoms in total. The van der Waals surface area contributed by atoms with Crippen LogP contribution in [-0.2, 0) is 9.53 Å². The second-order valence-electron chi connectivity index (χ2n) is 4.71. The highest BCUT2D eigenvalue weighted by molar-refractivity contribution is 5.85. The molecule has 96 valence electrons. The van der Waals surface area contributed by atoms with Crippen LogP contribution in [0.2, 0.25) is 0 Å². The number of nitrogens with zero attached hydrogens (tertiary/aromatic N) is 1. The summed E-state index contributed by atoms with van der Waals surface area (Å²) in [6, 6.07) is -0.395. The van der Waals surface area contributed by atoms with Crippen molar-refractivity contribution in [2.24, 2.45) is 11.7 Å². The van der Waals surface area contributed by atoms with Crippen molar-refractivity contribution in [3.8, 4) is 0 Å². The average Bonchev–Trinajstić information content (AvgIpc) is 2.61. The van der Waals surface area contributed by atoms with Gasteiger partial charge in [-0.3, -0.25) is 4.79 Å². The number of nitrogens with two attached hydrogens (primary N) is 1. The molecule has 0 radical (unpaired) electrons. The lowest BCUT2D eigenvalue weighted by molar-refractivity contribution is -0.131. The van der Waals surface area contributed by atoms with Gasteiger partial charge in [0.15, 0.2) is 0 Å². The first-order chi connectivity index (χ1) is 7.00. The van der Waals surface area contributed by atoms with E-state index in [0.29, 0.717) is 12.5 Å². The number of hydrogen-bond acceptors (Lipinski definition) is 3. The lowest BCUT2D eigenvalue weighted by Crippen LogP contribution is -2.41. The predicted molar refractivity (Wildman–Crippen MR) is 66.7 cm³/mol. The van der Waals surface area contributed by atoms with Crippen LogP contribution in [0.4, 0.5) is 0 Å². The summed E-state index contributed by atoms with van der Waals surface area (Å²) in [6.07, 6.45) is 1.14. The Morgan fingerprint density at radius 2 is 2.12 bits per heavy atom. The molecule has 16 heavy (non-hydrogen) atoms. The van der Waals surface area contributed by atoms with E-state index < -0.39 is 6.04 Å². The van der Waals surface area contributed by atoms with E-state index in [1.54, 1.807) is 11.8 Å². The minimum atomic E-state index is -0.395. The highest BCUT2D eigenvalue weighted by atomic mass is 35.5. The Morgan fingerprint density at radius 3 is 2.62 bits per heavy atom. The molecule has 1 rings (SSSR count). The lowest BCUT2D eigenvalue weighted by Gasteiger charge is -2.19. The smallest absolute Gasteiger partial charge is 0.239 e. The summed E-state index contributed by atoms with van der Waals surface area (Å²) in [4.78, 5) is 13.4. The summed E-state index contributed by atoms with van der Waals surface area (Å²) < 4.78 is 5.69. The second kappa shape index (κ2) is 7.09. The van der Waals surface area contributed by atoms with E-state index in [2.05, 4.69) is 13.8 Å². The average molecular weight is 251 g/mol. The van der Waals surface area contributed by atoms with E-state index in [-0.39, 0.29) is 24.4 Å². The lowest BCUT2D eigenvalue weighted by atomic mass is 10.2. The molecule has 1 heterocycles. The maximum Gasteiger partial charge on any atom is 0.239 e. The first-order valence-electron chi connectivity index (χ1n) is 5.66. The van der Waals surface area contributed by atoms with E-state index >= 15 is 0 Å². The summed E-state index contributed by atoms with van der Waals surface area (Å²) in [5, 5.41) is 0. The molecule has 1 amide bonds. The van der Waals surface area contributed by atoms with Gasteiger partial charge in [0.2, 0.25) is 5.91 Å². The minimum absolute atomic E-state index is 0. The second-order valence-corrected chi connectivity index (χ2v) is 4.71. The van der Waals surface area contributed by atoms with Crippen LogP contribution in [-0.4, -0.2) is 42.6 Å². The van der Waals surface area contributed by atoms with Crippen molar-refractivity contribution in [1.29, 1.82) is 0 Å². The van der Waals surface area contributed by atoms with Gasteiger partial charge in [0, 0.05) is 19.7 Å². The Hall–Kier alpha value is -0.320. The zero-order valence-corrected chi connectivity index (χ0v) is 11.1. The molecule has 0 spiro atoms. The van der Waals surface area contributed by atoms with E-state index in [0.717, 1.165) is 19.6 Å². The highest BCUT2D eigenvalue weighted by Crippen LogP contribution is 2.14. The van der Waals surface area contributed by atoms with Crippen LogP contribution in [0, 0.1) is 5.92 Å². The van der Waals surface area contributed by atoms with Crippen LogP contribution >= 0.6 is 12.4 Å². The number of carbonyl (C=O) groups is 1. The quantitative estimate of drug-likeness (QED) is 0.811. The van der Waals surface area contributed by atoms with Crippen LogP contribution in [0.15, 0.2) is 0 Å². The SMILES string of the molecule is CC(C)COC1CCN(C(=O)[C@H](C)N)C1.Cl. The van der Waals surface area contributed by atoms with Crippen LogP contribution in [0.25, 0.3) is 0 Å². The third-order valence-corrected chi connectivity index (χ3v) is 2.51. The van der Waals surface area contributed by atoms with Crippen molar-refractivity contribution in [3.63, 3.8) is 0 Å². The van der Waals surface area contributed by atoms with Crippen molar-refractivity contribution in [2.45, 2.75) is 39.3 Å². The molecule has 1 saturated heterocycles. The molecule has 2 N–H and O–H groups in total. The third kappa shape index (κ3) is 4.68. The predicted octanol–water partition coefficient (Wildman–Crippen LogP) is 1.03. The van der Waals surface area contributed by atoms with E-state index in [4.69, 9.17) is 10.5 Å². The minimum Gasteiger partial charge on any atom is -0.376 e. The fraction of sp³-hybridized carbons (Fsp3) is 0.909. The van der Waals surface area contributed by atoms with Crippen LogP contribution < -0.4 is 5.73 Å². The molecule has 0 aromatic carbocycles. The fourth-order valence-electron chi connectivity index (χ4n) is 1.68. The molecule has 0 aromatic rings. The standard InChI is InChI=1S/C11H22N2O2.ClH/c1-8(2)7-15-10-4-5-13(6-10)11(14)9(3)12;/h8-10H,4-7,12H2,1-3H3;1H/t9-,10?;/m0./s1. The molecule has 0 bridgehead atoms. The molecule has 0 aliphatic carbocycles. The zero-order valence-electron chi connectivity index (χ0n) is 10.3. The zero-order chi connectivity index (χ0) is 11.4. The molecular formula is C11H23ClN2O2. The van der Waals surface area contributed by atoms with Gasteiger partial charge in [-0.25, -0.2) is 0 Å². The summed E-state index contributed by atoms with van der Waals surface area (Å²) in [5.41, 5.74) is 5.55. The normalized spacial score (nSPS) is 22.1. The van der Waals surface area contributed by atoms with Crippen LogP contribution in [0.3, 0.4) is 0 Å². The van der Waals surface area contributed by atoms with Crippen LogP contribution in [0.5, 0.6) is 0 Å². The van der Waals surface area contributed by atoms with Crippen molar-refractivity contribution in [3.05, 3.63) is 0 Å². The molecular weight excluding hydrogens is 228 g/mol. The summed E-state index contributed by atoms with van der Waals surface area (Å²) in [5.74, 6) is 0.578. The molecule has 5 heteroatoms. The molecule has 2 atom stereocenters. The van der Waals surface area contributed by atoms with Gasteiger partial charge in [-0.2, -0.15) is 0 Å². The van der Waals surface area contributed by atoms with Gasteiger partial charge in [0.1, 0.15) is 0 Å². The molecule has 0 aromatic heterocycles. The van der Waals surface area contributed by atoms with Crippen LogP contribution in [0.1, 0.15) is 27.2 Å². The van der Waals surface area contributed by atoms with Crippen molar-refractivity contribution in [1.82, 2.24) is 4.90 Å². The number of halogens is 1. The number of carbonyl (C=O) groups excluding carboxylic acids is 1. The van der Waals surface area contributed by atoms with Crippen molar-refractivity contribution in [2.75, 3.05) is 19.7 Å². The summed E-state index contributed by atoms with van der Waals surface area (Å²) >= 11 is 0. The number of rotatable bonds is 4. The van der Waals surface area contributed by atoms with E-state index in [1.807, 2.05) is 0 Å². The Balaban J connectivity index is 0.00000225. The van der Waals surface area contributed by atoms with Gasteiger partial charge in [-0.15, -0.1) is 12.4 Å². The van der Waals surface area contributed by atoms with Crippen molar-refractivity contribution >= 4 is 18.3 Å². The van der Waals surface area contributed by atoms with Gasteiger partial charge in [-0.05, 0) is 19.3 Å².